The number of benzene rings is 1. The second-order valence-corrected chi connectivity index (χ2v) is 4.13. The Morgan fingerprint density at radius 1 is 1.47 bits per heavy atom. The van der Waals surface area contributed by atoms with Crippen molar-refractivity contribution in [2.24, 2.45) is 0 Å². The van der Waals surface area contributed by atoms with Gasteiger partial charge in [-0.15, -0.1) is 0 Å². The van der Waals surface area contributed by atoms with Crippen molar-refractivity contribution in [2.75, 3.05) is 13.1 Å². The van der Waals surface area contributed by atoms with E-state index in [9.17, 15) is 9.18 Å². The minimum atomic E-state index is -0.362. The van der Waals surface area contributed by atoms with E-state index in [2.05, 4.69) is 10.6 Å². The summed E-state index contributed by atoms with van der Waals surface area (Å²) in [6.07, 6.45) is 0.900. The van der Waals surface area contributed by atoms with Crippen molar-refractivity contribution in [3.8, 4) is 0 Å². The number of carbonyl (C=O) groups excluding carboxylic acids is 1. The molecule has 1 amide bonds. The van der Waals surface area contributed by atoms with Gasteiger partial charge in [-0.1, -0.05) is 24.6 Å². The molecule has 5 heteroatoms. The highest BCUT2D eigenvalue weighted by Crippen LogP contribution is 2.14. The monoisotopic (exact) mass is 258 g/mol. The van der Waals surface area contributed by atoms with E-state index in [4.69, 9.17) is 11.6 Å². The van der Waals surface area contributed by atoms with E-state index in [1.54, 1.807) is 12.1 Å². The lowest BCUT2D eigenvalue weighted by atomic mass is 10.2. The summed E-state index contributed by atoms with van der Waals surface area (Å²) in [5, 5.41) is 5.97. The third-order valence-corrected chi connectivity index (χ3v) is 2.42. The maximum atomic E-state index is 13.4. The summed E-state index contributed by atoms with van der Waals surface area (Å²) in [6, 6.07) is 4.49. The Hall–Kier alpha value is -1.13. The van der Waals surface area contributed by atoms with Crippen LogP contribution in [0.3, 0.4) is 0 Å². The molecule has 1 aromatic rings. The zero-order valence-electron chi connectivity index (χ0n) is 9.72. The molecule has 0 aliphatic heterocycles. The summed E-state index contributed by atoms with van der Waals surface area (Å²) >= 11 is 5.63. The van der Waals surface area contributed by atoms with E-state index < -0.39 is 0 Å². The molecule has 0 atom stereocenters. The lowest BCUT2D eigenvalue weighted by molar-refractivity contribution is -0.120. The van der Waals surface area contributed by atoms with Crippen molar-refractivity contribution in [3.63, 3.8) is 0 Å². The van der Waals surface area contributed by atoms with Gasteiger partial charge in [0.05, 0.1) is 6.54 Å². The number of hydrogen-bond acceptors (Lipinski definition) is 2. The molecule has 0 saturated carbocycles. The maximum Gasteiger partial charge on any atom is 0.233 e. The molecule has 1 aromatic carbocycles. The van der Waals surface area contributed by atoms with Gasteiger partial charge < -0.3 is 10.6 Å². The first kappa shape index (κ1) is 13.9. The molecule has 0 aromatic heterocycles. The van der Waals surface area contributed by atoms with Crippen molar-refractivity contribution in [3.05, 3.63) is 34.6 Å². The van der Waals surface area contributed by atoms with Crippen LogP contribution in [-0.2, 0) is 11.3 Å². The molecule has 0 saturated heterocycles. The fourth-order valence-electron chi connectivity index (χ4n) is 1.30. The first-order valence-corrected chi connectivity index (χ1v) is 5.92. The van der Waals surface area contributed by atoms with Gasteiger partial charge in [-0.05, 0) is 18.6 Å². The van der Waals surface area contributed by atoms with Crippen LogP contribution in [0.4, 0.5) is 4.39 Å². The van der Waals surface area contributed by atoms with Crippen molar-refractivity contribution in [1.29, 1.82) is 0 Å². The molecular formula is C12H16ClFN2O. The van der Waals surface area contributed by atoms with Crippen LogP contribution in [0.2, 0.25) is 5.02 Å². The summed E-state index contributed by atoms with van der Waals surface area (Å²) in [4.78, 5) is 11.2. The molecule has 0 spiro atoms. The Balaban J connectivity index is 2.33. The molecule has 0 bridgehead atoms. The molecular weight excluding hydrogens is 243 g/mol. The first-order valence-electron chi connectivity index (χ1n) is 5.54. The Kier molecular flexibility index (Phi) is 5.94. The van der Waals surface area contributed by atoms with E-state index in [-0.39, 0.29) is 18.3 Å². The third-order valence-electron chi connectivity index (χ3n) is 2.19. The van der Waals surface area contributed by atoms with E-state index in [1.807, 2.05) is 6.92 Å². The number of halogens is 2. The molecule has 0 aliphatic carbocycles. The SMILES string of the molecule is CCCNC(=O)CNCc1ccc(Cl)cc1F. The summed E-state index contributed by atoms with van der Waals surface area (Å²) in [6.45, 7) is 3.14. The largest absolute Gasteiger partial charge is 0.355 e. The van der Waals surface area contributed by atoms with Gasteiger partial charge in [0.1, 0.15) is 5.82 Å². The Morgan fingerprint density at radius 2 is 2.24 bits per heavy atom. The van der Waals surface area contributed by atoms with Gasteiger partial charge >= 0.3 is 0 Å². The fourth-order valence-corrected chi connectivity index (χ4v) is 1.46. The fraction of sp³-hybridized carbons (Fsp3) is 0.417. The second-order valence-electron chi connectivity index (χ2n) is 3.69. The van der Waals surface area contributed by atoms with Crippen molar-refractivity contribution < 1.29 is 9.18 Å². The molecule has 17 heavy (non-hydrogen) atoms. The van der Waals surface area contributed by atoms with E-state index in [0.29, 0.717) is 23.7 Å². The lowest BCUT2D eigenvalue weighted by Crippen LogP contribution is -2.34. The Labute approximate surface area is 105 Å². The standard InChI is InChI=1S/C12H16ClFN2O/c1-2-5-16-12(17)8-15-7-9-3-4-10(13)6-11(9)14/h3-4,6,15H,2,5,7-8H2,1H3,(H,16,17). The maximum absolute atomic E-state index is 13.4. The lowest BCUT2D eigenvalue weighted by Gasteiger charge is -2.06. The van der Waals surface area contributed by atoms with Crippen LogP contribution < -0.4 is 10.6 Å². The number of amides is 1. The average Bonchev–Trinajstić information content (AvgIpc) is 2.29. The van der Waals surface area contributed by atoms with Crippen LogP contribution in [0.1, 0.15) is 18.9 Å². The predicted molar refractivity (Wildman–Crippen MR) is 66.4 cm³/mol. The topological polar surface area (TPSA) is 41.1 Å². The molecule has 0 aliphatic rings. The third kappa shape index (κ3) is 5.15. The highest BCUT2D eigenvalue weighted by molar-refractivity contribution is 6.30. The predicted octanol–water partition coefficient (Wildman–Crippen LogP) is 2.09. The summed E-state index contributed by atoms with van der Waals surface area (Å²) in [5.74, 6) is -0.444. The minimum absolute atomic E-state index is 0.0822. The molecule has 0 radical (unpaired) electrons. The molecule has 0 unspecified atom stereocenters. The first-order chi connectivity index (χ1) is 8.13. The summed E-state index contributed by atoms with van der Waals surface area (Å²) in [5.41, 5.74) is 0.498. The van der Waals surface area contributed by atoms with E-state index in [0.717, 1.165) is 6.42 Å². The van der Waals surface area contributed by atoms with Gasteiger partial charge in [0.25, 0.3) is 0 Å². The van der Waals surface area contributed by atoms with Crippen molar-refractivity contribution in [2.45, 2.75) is 19.9 Å². The van der Waals surface area contributed by atoms with Gasteiger partial charge in [0.2, 0.25) is 5.91 Å². The normalized spacial score (nSPS) is 10.3. The number of nitrogens with one attached hydrogen (secondary N) is 2. The molecule has 0 heterocycles. The van der Waals surface area contributed by atoms with Crippen LogP contribution in [0, 0.1) is 5.82 Å². The number of rotatable bonds is 6. The second kappa shape index (κ2) is 7.25. The average molecular weight is 259 g/mol. The minimum Gasteiger partial charge on any atom is -0.355 e. The van der Waals surface area contributed by atoms with Gasteiger partial charge in [0.15, 0.2) is 0 Å². The molecule has 94 valence electrons. The Morgan fingerprint density at radius 3 is 2.88 bits per heavy atom. The highest BCUT2D eigenvalue weighted by Gasteiger charge is 2.04. The quantitative estimate of drug-likeness (QED) is 0.820. The number of hydrogen-bond donors (Lipinski definition) is 2. The molecule has 0 fully saturated rings. The van der Waals surface area contributed by atoms with Crippen LogP contribution in [0.5, 0.6) is 0 Å². The zero-order chi connectivity index (χ0) is 12.7. The van der Waals surface area contributed by atoms with E-state index >= 15 is 0 Å². The molecule has 2 N–H and O–H groups in total. The smallest absolute Gasteiger partial charge is 0.233 e. The van der Waals surface area contributed by atoms with Crippen LogP contribution in [0.25, 0.3) is 0 Å². The van der Waals surface area contributed by atoms with Gasteiger partial charge in [0, 0.05) is 23.7 Å². The van der Waals surface area contributed by atoms with Gasteiger partial charge in [-0.25, -0.2) is 4.39 Å². The highest BCUT2D eigenvalue weighted by atomic mass is 35.5. The van der Waals surface area contributed by atoms with Crippen LogP contribution >= 0.6 is 11.6 Å². The van der Waals surface area contributed by atoms with Crippen molar-refractivity contribution in [1.82, 2.24) is 10.6 Å². The zero-order valence-corrected chi connectivity index (χ0v) is 10.5. The van der Waals surface area contributed by atoms with Crippen LogP contribution in [-0.4, -0.2) is 19.0 Å². The van der Waals surface area contributed by atoms with Crippen LogP contribution in [0.15, 0.2) is 18.2 Å². The summed E-state index contributed by atoms with van der Waals surface area (Å²) < 4.78 is 13.4. The molecule has 3 nitrogen and oxygen atoms in total. The Bertz CT molecular complexity index is 385. The van der Waals surface area contributed by atoms with Crippen molar-refractivity contribution >= 4 is 17.5 Å². The van der Waals surface area contributed by atoms with Gasteiger partial charge in [-0.2, -0.15) is 0 Å². The molecule has 1 rings (SSSR count). The summed E-state index contributed by atoms with van der Waals surface area (Å²) in [7, 11) is 0. The van der Waals surface area contributed by atoms with E-state index in [1.165, 1.54) is 6.07 Å². The van der Waals surface area contributed by atoms with Gasteiger partial charge in [-0.3, -0.25) is 4.79 Å². The number of carbonyl (C=O) groups is 1.